The second kappa shape index (κ2) is 27.9. The molecule has 0 aromatic rings. The molecule has 0 amide bonds. The van der Waals surface area contributed by atoms with Crippen LogP contribution in [0, 0.1) is 0 Å². The van der Waals surface area contributed by atoms with Crippen LogP contribution in [-0.4, -0.2) is 11.7 Å². The van der Waals surface area contributed by atoms with Crippen molar-refractivity contribution in [2.24, 2.45) is 0 Å². The molecule has 0 spiro atoms. The first-order valence-corrected chi connectivity index (χ1v) is 1.71. The molecular weight excluding hydrogens is 108 g/mol. The first-order chi connectivity index (χ1) is 2.41. The number of hydrogen-bond donors (Lipinski definition) is 1. The van der Waals surface area contributed by atoms with E-state index in [0.29, 0.717) is 0 Å². The van der Waals surface area contributed by atoms with Gasteiger partial charge in [-0.15, -0.1) is 0 Å². The predicted molar refractivity (Wildman–Crippen MR) is 13.4 cm³/mol. The Morgan fingerprint density at radius 1 is 1.80 bits per heavy atom. The normalized spacial score (nSPS) is 4.40. The Morgan fingerprint density at radius 3 is 1.80 bits per heavy atom. The van der Waals surface area contributed by atoms with E-state index >= 15 is 0 Å². The molecule has 32 valence electrons. The molecule has 0 aliphatic carbocycles. The van der Waals surface area contributed by atoms with Crippen LogP contribution in [0.25, 0.3) is 0 Å². The van der Waals surface area contributed by atoms with Crippen molar-refractivity contribution in [3.05, 3.63) is 0 Å². The third-order valence-electron chi connectivity index (χ3n) is 0. The molecule has 2 nitrogen and oxygen atoms in total. The number of aliphatic hydroxyl groups is 1. The second-order valence-corrected chi connectivity index (χ2v) is 0.316. The summed E-state index contributed by atoms with van der Waals surface area (Å²) in [5.41, 5.74) is 0. The van der Waals surface area contributed by atoms with Crippen molar-refractivity contribution < 1.29 is 25.1 Å². The van der Waals surface area contributed by atoms with Crippen LogP contribution in [0.3, 0.4) is 0 Å². The van der Waals surface area contributed by atoms with Crippen molar-refractivity contribution in [2.45, 2.75) is 6.92 Å². The molecule has 0 aromatic carbocycles. The second-order valence-electron chi connectivity index (χ2n) is 0.316. The van der Waals surface area contributed by atoms with Crippen molar-refractivity contribution in [3.63, 3.8) is 0 Å². The van der Waals surface area contributed by atoms with Gasteiger partial charge in [-0.3, -0.25) is 0 Å². The average Bonchev–Trinajstić information content (AvgIpc) is 1.46. The molecule has 0 radical (unpaired) electrons. The van der Waals surface area contributed by atoms with Gasteiger partial charge in [-0.05, 0) is 6.92 Å². The Labute approximate surface area is 39.4 Å². The van der Waals surface area contributed by atoms with Gasteiger partial charge in [-0.2, -0.15) is 0 Å². The summed E-state index contributed by atoms with van der Waals surface area (Å²) < 4.78 is 8.12. The molecule has 0 rings (SSSR count). The minimum atomic E-state index is 0.250. The van der Waals surface area contributed by atoms with Gasteiger partial charge < -0.3 is 5.11 Å². The third-order valence-corrected chi connectivity index (χ3v) is 0. The summed E-state index contributed by atoms with van der Waals surface area (Å²) in [4.78, 5) is 0. The zero-order valence-corrected chi connectivity index (χ0v) is 4.25. The van der Waals surface area contributed by atoms with Gasteiger partial charge >= 0.3 is 20.0 Å². The minimum absolute atomic E-state index is 0.250. The first kappa shape index (κ1) is 9.00. The maximum absolute atomic E-state index is 8.12. The Morgan fingerprint density at radius 2 is 1.80 bits per heavy atom. The van der Waals surface area contributed by atoms with Gasteiger partial charge in [0.2, 0.25) is 0 Å². The van der Waals surface area contributed by atoms with E-state index in [0.717, 1.165) is 0 Å². The van der Waals surface area contributed by atoms with Gasteiger partial charge in [0.05, 0.1) is 0 Å². The summed E-state index contributed by atoms with van der Waals surface area (Å²) >= 11 is 1.38. The van der Waals surface area contributed by atoms with Crippen LogP contribution < -0.4 is 0 Å². The first-order valence-electron chi connectivity index (χ1n) is 1.19. The fraction of sp³-hybridized carbons (Fsp3) is 1.00. The quantitative estimate of drug-likeness (QED) is 0.476. The molecule has 0 saturated heterocycles. The maximum atomic E-state index is 8.12. The molecule has 1 N–H and O–H groups in total. The van der Waals surface area contributed by atoms with E-state index in [-0.39, 0.29) is 6.61 Å². The molecule has 0 aliphatic heterocycles. The Bertz CT molecular complexity index is 11.6. The molecule has 0 aromatic heterocycles. The molecule has 0 atom stereocenters. The standard InChI is InChI=1S/C2H6O.Cr.O/c1-2-3;;/h3H,2H2,1H3;;. The molecular formula is C2H6CrO2. The molecule has 5 heavy (non-hydrogen) atoms. The predicted octanol–water partition coefficient (Wildman–Crippen LogP) is -0.123. The van der Waals surface area contributed by atoms with Crippen LogP contribution in [0.4, 0.5) is 0 Å². The number of rotatable bonds is 0. The topological polar surface area (TPSA) is 37.3 Å². The van der Waals surface area contributed by atoms with E-state index in [1.165, 1.54) is 16.2 Å². The third kappa shape index (κ3) is 264. The summed E-state index contributed by atoms with van der Waals surface area (Å²) in [6, 6.07) is 0. The van der Waals surface area contributed by atoms with Crippen molar-refractivity contribution in [1.82, 2.24) is 0 Å². The monoisotopic (exact) mass is 114 g/mol. The van der Waals surface area contributed by atoms with Gasteiger partial charge in [-0.25, -0.2) is 0 Å². The van der Waals surface area contributed by atoms with Gasteiger partial charge in [0.25, 0.3) is 0 Å². The van der Waals surface area contributed by atoms with Gasteiger partial charge in [0.1, 0.15) is 0 Å². The summed E-state index contributed by atoms with van der Waals surface area (Å²) in [5.74, 6) is 0. The van der Waals surface area contributed by atoms with Crippen molar-refractivity contribution >= 4 is 0 Å². The summed E-state index contributed by atoms with van der Waals surface area (Å²) in [6.45, 7) is 1.93. The number of hydrogen-bond acceptors (Lipinski definition) is 2. The molecule has 0 fully saturated rings. The van der Waals surface area contributed by atoms with Crippen molar-refractivity contribution in [1.29, 1.82) is 0 Å². The summed E-state index contributed by atoms with van der Waals surface area (Å²) in [5, 5.41) is 7.57. The fourth-order valence-electron chi connectivity index (χ4n) is 0. The van der Waals surface area contributed by atoms with E-state index in [2.05, 4.69) is 0 Å². The average molecular weight is 114 g/mol. The molecule has 0 heterocycles. The number of aliphatic hydroxyl groups excluding tert-OH is 1. The molecule has 0 unspecified atom stereocenters. The summed E-state index contributed by atoms with van der Waals surface area (Å²) in [7, 11) is 0. The van der Waals surface area contributed by atoms with Crippen LogP contribution >= 0.6 is 0 Å². The van der Waals surface area contributed by atoms with E-state index in [9.17, 15) is 0 Å². The Kier molecular flexibility index (Phi) is 50.1. The van der Waals surface area contributed by atoms with Gasteiger partial charge in [0.15, 0.2) is 0 Å². The van der Waals surface area contributed by atoms with Crippen molar-refractivity contribution in [3.8, 4) is 0 Å². The Hall–Kier alpha value is 0.292. The zero-order valence-electron chi connectivity index (χ0n) is 2.97. The van der Waals surface area contributed by atoms with Crippen molar-refractivity contribution in [2.75, 3.05) is 6.61 Å². The van der Waals surface area contributed by atoms with Crippen LogP contribution in [0.2, 0.25) is 0 Å². The van der Waals surface area contributed by atoms with Crippen LogP contribution in [0.5, 0.6) is 0 Å². The van der Waals surface area contributed by atoms with Crippen LogP contribution in [0.1, 0.15) is 6.92 Å². The summed E-state index contributed by atoms with van der Waals surface area (Å²) in [6.07, 6.45) is 0. The molecule has 0 saturated carbocycles. The van der Waals surface area contributed by atoms with E-state index in [1.54, 1.807) is 6.92 Å². The Balaban J connectivity index is 0. The van der Waals surface area contributed by atoms with E-state index in [4.69, 9.17) is 8.91 Å². The SMILES string of the molecule is CCO.[O]=[Cr]. The molecule has 0 bridgehead atoms. The van der Waals surface area contributed by atoms with Gasteiger partial charge in [-0.1, -0.05) is 0 Å². The van der Waals surface area contributed by atoms with Crippen LogP contribution in [-0.2, 0) is 20.0 Å². The fourth-order valence-corrected chi connectivity index (χ4v) is 0. The molecule has 0 aliphatic rings. The van der Waals surface area contributed by atoms with Gasteiger partial charge in [0, 0.05) is 6.61 Å². The van der Waals surface area contributed by atoms with E-state index in [1.807, 2.05) is 0 Å². The molecule has 3 heteroatoms. The van der Waals surface area contributed by atoms with Crippen LogP contribution in [0.15, 0.2) is 0 Å². The zero-order chi connectivity index (χ0) is 4.71. The van der Waals surface area contributed by atoms with E-state index < -0.39 is 0 Å².